The Bertz CT molecular complexity index is 349. The summed E-state index contributed by atoms with van der Waals surface area (Å²) in [7, 11) is 2.24. The Morgan fingerprint density at radius 2 is 1.84 bits per heavy atom. The van der Waals surface area contributed by atoms with Crippen molar-refractivity contribution in [2.24, 2.45) is 5.73 Å². The van der Waals surface area contributed by atoms with Crippen molar-refractivity contribution in [1.29, 1.82) is 0 Å². The summed E-state index contributed by atoms with van der Waals surface area (Å²) in [6.07, 6.45) is 10.7. The van der Waals surface area contributed by atoms with Crippen LogP contribution in [0.25, 0.3) is 0 Å². The van der Waals surface area contributed by atoms with Gasteiger partial charge >= 0.3 is 0 Å². The summed E-state index contributed by atoms with van der Waals surface area (Å²) in [5, 5.41) is 3.54. The predicted octanol–water partition coefficient (Wildman–Crippen LogP) is 1.39. The van der Waals surface area contributed by atoms with Crippen molar-refractivity contribution in [2.75, 3.05) is 7.05 Å². The number of carbonyl (C=O) groups excluding carboxylic acids is 1. The molecule has 2 atom stereocenters. The summed E-state index contributed by atoms with van der Waals surface area (Å²) in [4.78, 5) is 14.5. The first-order chi connectivity index (χ1) is 9.11. The van der Waals surface area contributed by atoms with E-state index in [1.54, 1.807) is 0 Å². The largest absolute Gasteiger partial charge is 0.368 e. The number of rotatable bonds is 5. The van der Waals surface area contributed by atoms with Crippen molar-refractivity contribution in [3.05, 3.63) is 0 Å². The van der Waals surface area contributed by atoms with Gasteiger partial charge in [-0.1, -0.05) is 12.8 Å². The van der Waals surface area contributed by atoms with Crippen LogP contribution in [-0.2, 0) is 4.79 Å². The smallest absolute Gasteiger partial charge is 0.237 e. The summed E-state index contributed by atoms with van der Waals surface area (Å²) in [5.74, 6) is -0.137. The van der Waals surface area contributed by atoms with Gasteiger partial charge in [0.25, 0.3) is 0 Å². The number of carbonyl (C=O) groups is 1. The topological polar surface area (TPSA) is 58.4 Å². The minimum absolute atomic E-state index is 0.137. The van der Waals surface area contributed by atoms with Crippen LogP contribution in [0.2, 0.25) is 0 Å². The third-order valence-electron chi connectivity index (χ3n) is 5.49. The maximum absolute atomic E-state index is 11.9. The number of nitrogens with one attached hydrogen (secondary N) is 1. The van der Waals surface area contributed by atoms with Crippen molar-refractivity contribution in [1.82, 2.24) is 10.2 Å². The van der Waals surface area contributed by atoms with E-state index in [1.165, 1.54) is 38.5 Å². The second-order valence-corrected chi connectivity index (χ2v) is 6.87. The Kier molecular flexibility index (Phi) is 3.56. The zero-order valence-corrected chi connectivity index (χ0v) is 12.0. The standard InChI is InChI=1S/C15H27N3O/c1-18(12-4-2-3-5-12)13-8-9-15(10-13,14(16)19)17-11-6-7-11/h11-13,17H,2-10H2,1H3,(H2,16,19). The highest BCUT2D eigenvalue weighted by atomic mass is 16.1. The van der Waals surface area contributed by atoms with E-state index >= 15 is 0 Å². The minimum Gasteiger partial charge on any atom is -0.368 e. The van der Waals surface area contributed by atoms with Crippen LogP contribution >= 0.6 is 0 Å². The lowest BCUT2D eigenvalue weighted by Gasteiger charge is -2.33. The van der Waals surface area contributed by atoms with E-state index in [0.29, 0.717) is 12.1 Å². The van der Waals surface area contributed by atoms with Crippen LogP contribution in [0.5, 0.6) is 0 Å². The third kappa shape index (κ3) is 2.65. The third-order valence-corrected chi connectivity index (χ3v) is 5.49. The van der Waals surface area contributed by atoms with Crippen LogP contribution in [0.3, 0.4) is 0 Å². The highest BCUT2D eigenvalue weighted by Gasteiger charge is 2.48. The molecule has 4 heteroatoms. The fraction of sp³-hybridized carbons (Fsp3) is 0.933. The van der Waals surface area contributed by atoms with Crippen LogP contribution in [0.15, 0.2) is 0 Å². The van der Waals surface area contributed by atoms with Gasteiger partial charge in [-0.25, -0.2) is 0 Å². The normalized spacial score (nSPS) is 36.2. The molecule has 3 fully saturated rings. The molecule has 108 valence electrons. The van der Waals surface area contributed by atoms with Crippen LogP contribution in [0.4, 0.5) is 0 Å². The van der Waals surface area contributed by atoms with E-state index < -0.39 is 5.54 Å². The van der Waals surface area contributed by atoms with Gasteiger partial charge in [0.2, 0.25) is 5.91 Å². The van der Waals surface area contributed by atoms with Crippen molar-refractivity contribution in [3.8, 4) is 0 Å². The van der Waals surface area contributed by atoms with Gasteiger partial charge in [-0.05, 0) is 52.0 Å². The molecule has 0 aliphatic heterocycles. The van der Waals surface area contributed by atoms with Crippen LogP contribution in [-0.4, -0.2) is 41.5 Å². The lowest BCUT2D eigenvalue weighted by molar-refractivity contribution is -0.124. The first-order valence-electron chi connectivity index (χ1n) is 7.90. The molecule has 0 aromatic rings. The lowest BCUT2D eigenvalue weighted by Crippen LogP contribution is -2.55. The molecule has 2 unspecified atom stereocenters. The van der Waals surface area contributed by atoms with E-state index in [4.69, 9.17) is 5.73 Å². The molecule has 0 heterocycles. The van der Waals surface area contributed by atoms with Crippen LogP contribution in [0.1, 0.15) is 57.8 Å². The molecule has 3 N–H and O–H groups in total. The Labute approximate surface area is 116 Å². The van der Waals surface area contributed by atoms with Gasteiger partial charge in [0.1, 0.15) is 0 Å². The minimum atomic E-state index is -0.418. The summed E-state index contributed by atoms with van der Waals surface area (Å²) < 4.78 is 0. The monoisotopic (exact) mass is 265 g/mol. The molecule has 4 nitrogen and oxygen atoms in total. The van der Waals surface area contributed by atoms with E-state index in [0.717, 1.165) is 25.3 Å². The summed E-state index contributed by atoms with van der Waals surface area (Å²) in [5.41, 5.74) is 5.29. The summed E-state index contributed by atoms with van der Waals surface area (Å²) in [6, 6.07) is 1.81. The molecular formula is C15H27N3O. The van der Waals surface area contributed by atoms with Crippen molar-refractivity contribution in [3.63, 3.8) is 0 Å². The predicted molar refractivity (Wildman–Crippen MR) is 75.7 cm³/mol. The van der Waals surface area contributed by atoms with Gasteiger partial charge in [0.15, 0.2) is 0 Å². The molecule has 3 rings (SSSR count). The number of primary amides is 1. The van der Waals surface area contributed by atoms with Gasteiger partial charge in [-0.15, -0.1) is 0 Å². The molecule has 0 aromatic carbocycles. The summed E-state index contributed by atoms with van der Waals surface area (Å²) >= 11 is 0. The average Bonchev–Trinajstić information content (AvgIpc) is 2.90. The second-order valence-electron chi connectivity index (χ2n) is 6.87. The SMILES string of the molecule is CN(C1CCCC1)C1CCC(NC2CC2)(C(N)=O)C1. The molecule has 0 radical (unpaired) electrons. The van der Waals surface area contributed by atoms with E-state index in [9.17, 15) is 4.79 Å². The van der Waals surface area contributed by atoms with Gasteiger partial charge in [0.05, 0.1) is 5.54 Å². The Morgan fingerprint density at radius 3 is 2.42 bits per heavy atom. The Hall–Kier alpha value is -0.610. The Balaban J connectivity index is 1.64. The molecular weight excluding hydrogens is 238 g/mol. The number of nitrogens with two attached hydrogens (primary N) is 1. The van der Waals surface area contributed by atoms with Gasteiger partial charge < -0.3 is 16.0 Å². The molecule has 0 aromatic heterocycles. The molecule has 19 heavy (non-hydrogen) atoms. The molecule has 1 amide bonds. The number of hydrogen-bond acceptors (Lipinski definition) is 3. The lowest BCUT2D eigenvalue weighted by atomic mass is 9.95. The van der Waals surface area contributed by atoms with E-state index in [1.807, 2.05) is 0 Å². The van der Waals surface area contributed by atoms with Crippen LogP contribution < -0.4 is 11.1 Å². The number of nitrogens with zero attached hydrogens (tertiary/aromatic N) is 1. The van der Waals surface area contributed by atoms with Gasteiger partial charge in [-0.2, -0.15) is 0 Å². The zero-order valence-electron chi connectivity index (χ0n) is 12.0. The van der Waals surface area contributed by atoms with Crippen molar-refractivity contribution < 1.29 is 4.79 Å². The molecule has 0 saturated heterocycles. The number of hydrogen-bond donors (Lipinski definition) is 2. The average molecular weight is 265 g/mol. The van der Waals surface area contributed by atoms with E-state index in [-0.39, 0.29) is 5.91 Å². The fourth-order valence-corrected chi connectivity index (χ4v) is 4.02. The quantitative estimate of drug-likeness (QED) is 0.790. The first-order valence-corrected chi connectivity index (χ1v) is 7.90. The molecule has 3 aliphatic rings. The zero-order chi connectivity index (χ0) is 13.5. The highest BCUT2D eigenvalue weighted by molar-refractivity contribution is 5.85. The van der Waals surface area contributed by atoms with Crippen molar-refractivity contribution in [2.45, 2.75) is 81.5 Å². The van der Waals surface area contributed by atoms with Crippen LogP contribution in [0, 0.1) is 0 Å². The molecule has 0 spiro atoms. The molecule has 0 bridgehead atoms. The maximum atomic E-state index is 11.9. The summed E-state index contributed by atoms with van der Waals surface area (Å²) in [6.45, 7) is 0. The molecule has 3 aliphatic carbocycles. The van der Waals surface area contributed by atoms with Crippen molar-refractivity contribution >= 4 is 5.91 Å². The highest BCUT2D eigenvalue weighted by Crippen LogP contribution is 2.38. The Morgan fingerprint density at radius 1 is 1.16 bits per heavy atom. The van der Waals surface area contributed by atoms with Gasteiger partial charge in [-0.3, -0.25) is 4.79 Å². The second kappa shape index (κ2) is 5.06. The first kappa shape index (κ1) is 13.4. The molecule has 3 saturated carbocycles. The van der Waals surface area contributed by atoms with E-state index in [2.05, 4.69) is 17.3 Å². The number of amides is 1. The van der Waals surface area contributed by atoms with Gasteiger partial charge in [0, 0.05) is 18.1 Å². The maximum Gasteiger partial charge on any atom is 0.237 e. The fourth-order valence-electron chi connectivity index (χ4n) is 4.02.